The maximum absolute atomic E-state index is 12.0. The molecule has 1 amide bonds. The van der Waals surface area contributed by atoms with Crippen LogP contribution in [-0.2, 0) is 33.5 Å². The van der Waals surface area contributed by atoms with Gasteiger partial charge in [0, 0.05) is 6.54 Å². The Morgan fingerprint density at radius 2 is 1.75 bits per heavy atom. The quantitative estimate of drug-likeness (QED) is 0.789. The molecule has 2 rings (SSSR count). The maximum atomic E-state index is 12.0. The van der Waals surface area contributed by atoms with E-state index in [-0.39, 0.29) is 18.1 Å². The number of amides is 1. The van der Waals surface area contributed by atoms with Crippen LogP contribution < -0.4 is 15.2 Å². The molecule has 24 heavy (non-hydrogen) atoms. The van der Waals surface area contributed by atoms with E-state index < -0.39 is 10.0 Å². The molecule has 6 nitrogen and oxygen atoms in total. The van der Waals surface area contributed by atoms with Crippen LogP contribution in [0.1, 0.15) is 16.7 Å². The first-order chi connectivity index (χ1) is 11.4. The lowest BCUT2D eigenvalue weighted by molar-refractivity contribution is -0.120. The zero-order valence-electron chi connectivity index (χ0n) is 13.4. The van der Waals surface area contributed by atoms with Crippen molar-refractivity contribution in [3.63, 3.8) is 0 Å². The van der Waals surface area contributed by atoms with Gasteiger partial charge in [-0.15, -0.1) is 0 Å². The molecule has 0 aliphatic carbocycles. The molecule has 128 valence electrons. The summed E-state index contributed by atoms with van der Waals surface area (Å²) >= 11 is 0. The van der Waals surface area contributed by atoms with Crippen LogP contribution in [0.2, 0.25) is 0 Å². The van der Waals surface area contributed by atoms with Crippen molar-refractivity contribution < 1.29 is 17.9 Å². The van der Waals surface area contributed by atoms with E-state index in [4.69, 9.17) is 9.88 Å². The number of methoxy groups -OCH3 is 1. The fourth-order valence-corrected chi connectivity index (χ4v) is 2.87. The Kier molecular flexibility index (Phi) is 5.94. The third-order valence-electron chi connectivity index (χ3n) is 3.38. The Bertz CT molecular complexity index is 802. The van der Waals surface area contributed by atoms with E-state index in [1.807, 2.05) is 24.3 Å². The second-order valence-electron chi connectivity index (χ2n) is 5.43. The van der Waals surface area contributed by atoms with Crippen LogP contribution in [0.25, 0.3) is 0 Å². The van der Waals surface area contributed by atoms with Crippen molar-refractivity contribution >= 4 is 15.9 Å². The molecule has 0 saturated carbocycles. The van der Waals surface area contributed by atoms with Crippen molar-refractivity contribution in [3.8, 4) is 5.75 Å². The summed E-state index contributed by atoms with van der Waals surface area (Å²) in [5.41, 5.74) is 2.37. The first kappa shape index (κ1) is 18.0. The second kappa shape index (κ2) is 7.94. The number of nitrogens with one attached hydrogen (secondary N) is 1. The molecule has 0 saturated heterocycles. The lowest BCUT2D eigenvalue weighted by atomic mass is 10.1. The monoisotopic (exact) mass is 348 g/mol. The van der Waals surface area contributed by atoms with E-state index in [2.05, 4.69) is 5.32 Å². The predicted molar refractivity (Wildman–Crippen MR) is 91.8 cm³/mol. The Hall–Kier alpha value is -2.38. The van der Waals surface area contributed by atoms with Gasteiger partial charge >= 0.3 is 0 Å². The first-order valence-corrected chi connectivity index (χ1v) is 9.05. The molecule has 0 spiro atoms. The SMILES string of the molecule is COc1cccc(CC(=O)NCc2ccc(CS(N)(=O)=O)cc2)c1. The van der Waals surface area contributed by atoms with Gasteiger partial charge in [0.05, 0.1) is 19.3 Å². The number of sulfonamides is 1. The van der Waals surface area contributed by atoms with Gasteiger partial charge in [0.1, 0.15) is 5.75 Å². The molecule has 0 aliphatic rings. The fraction of sp³-hybridized carbons (Fsp3) is 0.235. The lowest BCUT2D eigenvalue weighted by Crippen LogP contribution is -2.24. The van der Waals surface area contributed by atoms with Crippen molar-refractivity contribution in [1.82, 2.24) is 5.32 Å². The van der Waals surface area contributed by atoms with Crippen molar-refractivity contribution in [3.05, 3.63) is 65.2 Å². The van der Waals surface area contributed by atoms with Crippen molar-refractivity contribution in [2.24, 2.45) is 5.14 Å². The molecule has 7 heteroatoms. The van der Waals surface area contributed by atoms with Crippen LogP contribution in [0.15, 0.2) is 48.5 Å². The van der Waals surface area contributed by atoms with Crippen LogP contribution in [0.4, 0.5) is 0 Å². The van der Waals surface area contributed by atoms with Gasteiger partial charge < -0.3 is 10.1 Å². The van der Waals surface area contributed by atoms with Crippen LogP contribution in [0.5, 0.6) is 5.75 Å². The molecule has 0 unspecified atom stereocenters. The minimum atomic E-state index is -3.54. The molecule has 0 fully saturated rings. The average molecular weight is 348 g/mol. The van der Waals surface area contributed by atoms with Gasteiger partial charge in [-0.25, -0.2) is 13.6 Å². The Morgan fingerprint density at radius 1 is 1.08 bits per heavy atom. The van der Waals surface area contributed by atoms with Gasteiger partial charge in [-0.1, -0.05) is 36.4 Å². The number of hydrogen-bond donors (Lipinski definition) is 2. The van der Waals surface area contributed by atoms with E-state index in [0.717, 1.165) is 11.1 Å². The lowest BCUT2D eigenvalue weighted by Gasteiger charge is -2.07. The zero-order chi connectivity index (χ0) is 17.6. The maximum Gasteiger partial charge on any atom is 0.224 e. The Balaban J connectivity index is 1.87. The summed E-state index contributed by atoms with van der Waals surface area (Å²) in [7, 11) is -1.95. The minimum Gasteiger partial charge on any atom is -0.497 e. The molecule has 0 radical (unpaired) electrons. The van der Waals surface area contributed by atoms with E-state index in [0.29, 0.717) is 17.9 Å². The van der Waals surface area contributed by atoms with Gasteiger partial charge in [-0.3, -0.25) is 4.79 Å². The van der Waals surface area contributed by atoms with Gasteiger partial charge in [0.15, 0.2) is 0 Å². The number of nitrogens with two attached hydrogens (primary N) is 1. The van der Waals surface area contributed by atoms with E-state index >= 15 is 0 Å². The van der Waals surface area contributed by atoms with Crippen molar-refractivity contribution in [2.75, 3.05) is 7.11 Å². The predicted octanol–water partition coefficient (Wildman–Crippen LogP) is 1.34. The highest BCUT2D eigenvalue weighted by molar-refractivity contribution is 7.88. The summed E-state index contributed by atoms with van der Waals surface area (Å²) in [6.07, 6.45) is 0.265. The highest BCUT2D eigenvalue weighted by atomic mass is 32.2. The van der Waals surface area contributed by atoms with Gasteiger partial charge in [-0.2, -0.15) is 0 Å². The third kappa shape index (κ3) is 6.02. The smallest absolute Gasteiger partial charge is 0.224 e. The van der Waals surface area contributed by atoms with Crippen LogP contribution in [-0.4, -0.2) is 21.4 Å². The number of rotatable bonds is 7. The molecule has 2 aromatic rings. The van der Waals surface area contributed by atoms with Crippen LogP contribution >= 0.6 is 0 Å². The first-order valence-electron chi connectivity index (χ1n) is 7.33. The number of hydrogen-bond acceptors (Lipinski definition) is 4. The number of carbonyl (C=O) groups excluding carboxylic acids is 1. The highest BCUT2D eigenvalue weighted by Gasteiger charge is 2.06. The summed E-state index contributed by atoms with van der Waals surface area (Å²) in [5.74, 6) is 0.415. The van der Waals surface area contributed by atoms with E-state index in [9.17, 15) is 13.2 Å². The molecule has 0 aliphatic heterocycles. The molecule has 3 N–H and O–H groups in total. The molecular formula is C17H20N2O4S. The van der Waals surface area contributed by atoms with Crippen molar-refractivity contribution in [1.29, 1.82) is 0 Å². The Morgan fingerprint density at radius 3 is 2.38 bits per heavy atom. The normalized spacial score (nSPS) is 11.1. The van der Waals surface area contributed by atoms with Crippen LogP contribution in [0, 0.1) is 0 Å². The van der Waals surface area contributed by atoms with Gasteiger partial charge in [0.25, 0.3) is 0 Å². The van der Waals surface area contributed by atoms with Crippen LogP contribution in [0.3, 0.4) is 0 Å². The average Bonchev–Trinajstić information content (AvgIpc) is 2.53. The molecule has 0 heterocycles. The molecule has 2 aromatic carbocycles. The highest BCUT2D eigenvalue weighted by Crippen LogP contribution is 2.13. The molecular weight excluding hydrogens is 328 g/mol. The number of carbonyl (C=O) groups is 1. The largest absolute Gasteiger partial charge is 0.497 e. The van der Waals surface area contributed by atoms with E-state index in [1.165, 1.54) is 0 Å². The fourth-order valence-electron chi connectivity index (χ4n) is 2.22. The van der Waals surface area contributed by atoms with Gasteiger partial charge in [0.2, 0.25) is 15.9 Å². The molecule has 0 aromatic heterocycles. The summed E-state index contributed by atoms with van der Waals surface area (Å²) in [4.78, 5) is 12.0. The third-order valence-corrected chi connectivity index (χ3v) is 4.12. The summed E-state index contributed by atoms with van der Waals surface area (Å²) in [5, 5.41) is 7.83. The van der Waals surface area contributed by atoms with E-state index in [1.54, 1.807) is 31.4 Å². The topological polar surface area (TPSA) is 98.5 Å². The standard InChI is InChI=1S/C17H20N2O4S/c1-23-16-4-2-3-15(9-16)10-17(20)19-11-13-5-7-14(8-6-13)12-24(18,21)22/h2-9H,10-12H2,1H3,(H,19,20)(H2,18,21,22). The zero-order valence-corrected chi connectivity index (χ0v) is 14.2. The number of primary sulfonamides is 1. The number of benzene rings is 2. The van der Waals surface area contributed by atoms with Crippen molar-refractivity contribution in [2.45, 2.75) is 18.7 Å². The second-order valence-corrected chi connectivity index (χ2v) is 7.04. The number of ether oxygens (including phenoxy) is 1. The minimum absolute atomic E-state index is 0.100. The summed E-state index contributed by atoms with van der Waals surface area (Å²) in [6.45, 7) is 0.373. The molecule has 0 bridgehead atoms. The summed E-state index contributed by atoms with van der Waals surface area (Å²) in [6, 6.07) is 14.3. The Labute approximate surface area is 141 Å². The molecule has 0 atom stereocenters. The summed E-state index contributed by atoms with van der Waals surface area (Å²) < 4.78 is 27.2. The van der Waals surface area contributed by atoms with Gasteiger partial charge in [-0.05, 0) is 28.8 Å².